The van der Waals surface area contributed by atoms with Gasteiger partial charge in [-0.25, -0.2) is 4.68 Å². The zero-order valence-electron chi connectivity index (χ0n) is 21.5. The Morgan fingerprint density at radius 3 is 2.55 bits per heavy atom. The molecule has 2 amide bonds. The lowest BCUT2D eigenvalue weighted by Crippen LogP contribution is -2.47. The van der Waals surface area contributed by atoms with Gasteiger partial charge in [0.2, 0.25) is 11.8 Å². The summed E-state index contributed by atoms with van der Waals surface area (Å²) >= 11 is 0. The highest BCUT2D eigenvalue weighted by atomic mass is 16.5. The second kappa shape index (κ2) is 11.3. The molecule has 9 nitrogen and oxygen atoms in total. The predicted molar refractivity (Wildman–Crippen MR) is 144 cm³/mol. The first-order chi connectivity index (χ1) is 18.6. The summed E-state index contributed by atoms with van der Waals surface area (Å²) in [6, 6.07) is 21.0. The van der Waals surface area contributed by atoms with Crippen LogP contribution in [0.5, 0.6) is 11.5 Å². The Labute approximate surface area is 221 Å². The molecule has 4 aromatic rings. The molecule has 3 aromatic carbocycles. The molecule has 9 heteroatoms. The van der Waals surface area contributed by atoms with Gasteiger partial charge in [-0.2, -0.15) is 0 Å². The van der Waals surface area contributed by atoms with E-state index in [-0.39, 0.29) is 24.4 Å². The molecule has 1 heterocycles. The highest BCUT2D eigenvalue weighted by Crippen LogP contribution is 2.36. The summed E-state index contributed by atoms with van der Waals surface area (Å²) in [6.45, 7) is -0.115. The number of para-hydroxylation sites is 3. The summed E-state index contributed by atoms with van der Waals surface area (Å²) < 4.78 is 12.7. The lowest BCUT2D eigenvalue weighted by molar-refractivity contribution is -0.127. The molecule has 0 saturated heterocycles. The van der Waals surface area contributed by atoms with Crippen molar-refractivity contribution in [1.29, 1.82) is 0 Å². The highest BCUT2D eigenvalue weighted by Gasteiger charge is 2.36. The van der Waals surface area contributed by atoms with E-state index in [1.54, 1.807) is 37.1 Å². The summed E-state index contributed by atoms with van der Waals surface area (Å²) in [6.07, 6.45) is 3.99. The molecule has 1 aliphatic rings. The van der Waals surface area contributed by atoms with Gasteiger partial charge in [0, 0.05) is 6.04 Å². The number of fused-ring (bicyclic) bond motifs is 1. The molecule has 1 atom stereocenters. The fraction of sp³-hybridized carbons (Fsp3) is 0.310. The lowest BCUT2D eigenvalue weighted by Gasteiger charge is -2.33. The number of methoxy groups -OCH3 is 2. The number of aromatic nitrogens is 3. The molecule has 38 heavy (non-hydrogen) atoms. The number of hydrogen-bond donors (Lipinski definition) is 1. The molecule has 196 valence electrons. The van der Waals surface area contributed by atoms with E-state index in [1.165, 1.54) is 4.90 Å². The predicted octanol–water partition coefficient (Wildman–Crippen LogP) is 4.28. The van der Waals surface area contributed by atoms with Crippen LogP contribution in [0.25, 0.3) is 11.0 Å². The van der Waals surface area contributed by atoms with E-state index in [0.29, 0.717) is 28.3 Å². The number of nitrogens with zero attached hydrogens (tertiary/aromatic N) is 4. The number of rotatable bonds is 9. The monoisotopic (exact) mass is 513 g/mol. The smallest absolute Gasteiger partial charge is 0.249 e. The third-order valence-electron chi connectivity index (χ3n) is 6.94. The maximum absolute atomic E-state index is 14.2. The van der Waals surface area contributed by atoms with Gasteiger partial charge in [-0.05, 0) is 54.8 Å². The fourth-order valence-corrected chi connectivity index (χ4v) is 5.06. The molecule has 5 rings (SSSR count). The van der Waals surface area contributed by atoms with Crippen LogP contribution in [-0.2, 0) is 16.1 Å². The van der Waals surface area contributed by atoms with Crippen molar-refractivity contribution >= 4 is 28.5 Å². The second-order valence-electron chi connectivity index (χ2n) is 9.34. The molecule has 0 spiro atoms. The van der Waals surface area contributed by atoms with Gasteiger partial charge in [0.15, 0.2) is 0 Å². The first kappa shape index (κ1) is 25.3. The van der Waals surface area contributed by atoms with Crippen molar-refractivity contribution in [2.24, 2.45) is 0 Å². The van der Waals surface area contributed by atoms with Crippen LogP contribution in [0.1, 0.15) is 37.3 Å². The van der Waals surface area contributed by atoms with Crippen molar-refractivity contribution in [3.63, 3.8) is 0 Å². The SMILES string of the molecule is COc1cccc([C@@H](C(=O)NC2CCCC2)N(C(=O)Cn2nnc3ccccc32)c2ccccc2OC)c1. The minimum atomic E-state index is -0.968. The van der Waals surface area contributed by atoms with Gasteiger partial charge < -0.3 is 14.8 Å². The Hall–Kier alpha value is -4.40. The zero-order valence-corrected chi connectivity index (χ0v) is 21.5. The molecular weight excluding hydrogens is 482 g/mol. The van der Waals surface area contributed by atoms with E-state index in [9.17, 15) is 9.59 Å². The molecule has 0 aliphatic heterocycles. The van der Waals surface area contributed by atoms with E-state index < -0.39 is 6.04 Å². The van der Waals surface area contributed by atoms with Crippen LogP contribution in [-0.4, -0.2) is 47.1 Å². The van der Waals surface area contributed by atoms with Crippen LogP contribution in [0.15, 0.2) is 72.8 Å². The topological polar surface area (TPSA) is 98.6 Å². The molecule has 1 fully saturated rings. The molecule has 0 unspecified atom stereocenters. The molecular formula is C29H31N5O4. The van der Waals surface area contributed by atoms with Crippen molar-refractivity contribution in [3.05, 3.63) is 78.4 Å². The van der Waals surface area contributed by atoms with Gasteiger partial charge >= 0.3 is 0 Å². The molecule has 0 bridgehead atoms. The van der Waals surface area contributed by atoms with Gasteiger partial charge in [0.1, 0.15) is 29.6 Å². The Morgan fingerprint density at radius 1 is 1.00 bits per heavy atom. The summed E-state index contributed by atoms with van der Waals surface area (Å²) in [5, 5.41) is 11.6. The van der Waals surface area contributed by atoms with Crippen LogP contribution >= 0.6 is 0 Å². The number of ether oxygens (including phenoxy) is 2. The zero-order chi connectivity index (χ0) is 26.5. The van der Waals surface area contributed by atoms with Gasteiger partial charge in [0.05, 0.1) is 25.4 Å². The highest BCUT2D eigenvalue weighted by molar-refractivity contribution is 6.02. The van der Waals surface area contributed by atoms with E-state index >= 15 is 0 Å². The van der Waals surface area contributed by atoms with Gasteiger partial charge in [-0.3, -0.25) is 14.5 Å². The van der Waals surface area contributed by atoms with Crippen molar-refractivity contribution in [2.75, 3.05) is 19.1 Å². The largest absolute Gasteiger partial charge is 0.497 e. The van der Waals surface area contributed by atoms with Gasteiger partial charge in [-0.15, -0.1) is 5.10 Å². The normalized spacial score (nSPS) is 14.3. The average molecular weight is 514 g/mol. The van der Waals surface area contributed by atoms with Crippen LogP contribution in [0, 0.1) is 0 Å². The Balaban J connectivity index is 1.61. The van der Waals surface area contributed by atoms with Crippen LogP contribution < -0.4 is 19.7 Å². The summed E-state index contributed by atoms with van der Waals surface area (Å²) in [5.41, 5.74) is 2.53. The third-order valence-corrected chi connectivity index (χ3v) is 6.94. The van der Waals surface area contributed by atoms with Crippen molar-refractivity contribution in [2.45, 2.75) is 44.3 Å². The van der Waals surface area contributed by atoms with E-state index in [0.717, 1.165) is 31.2 Å². The molecule has 1 aromatic heterocycles. The van der Waals surface area contributed by atoms with Crippen LogP contribution in [0.4, 0.5) is 5.69 Å². The van der Waals surface area contributed by atoms with Crippen molar-refractivity contribution < 1.29 is 19.1 Å². The molecule has 1 aliphatic carbocycles. The standard InChI is InChI=1S/C29H31N5O4/c1-37-22-13-9-10-20(18-22)28(29(36)30-21-11-3-4-12-21)34(25-16-7-8-17-26(25)38-2)27(35)19-33-24-15-6-5-14-23(24)31-32-33/h5-10,13-18,21,28H,3-4,11-12,19H2,1-2H3,(H,30,36)/t28-/m0/s1. The number of amides is 2. The average Bonchev–Trinajstić information content (AvgIpc) is 3.61. The lowest BCUT2D eigenvalue weighted by atomic mass is 10.0. The number of carbonyl (C=O) groups is 2. The first-order valence-corrected chi connectivity index (χ1v) is 12.8. The number of nitrogens with one attached hydrogen (secondary N) is 1. The van der Waals surface area contributed by atoms with Crippen LogP contribution in [0.2, 0.25) is 0 Å². The van der Waals surface area contributed by atoms with E-state index in [2.05, 4.69) is 15.6 Å². The Bertz CT molecular complexity index is 1430. The number of anilines is 1. The number of benzene rings is 3. The fourth-order valence-electron chi connectivity index (χ4n) is 5.06. The van der Waals surface area contributed by atoms with Gasteiger partial charge in [-0.1, -0.05) is 54.5 Å². The second-order valence-corrected chi connectivity index (χ2v) is 9.34. The van der Waals surface area contributed by atoms with Gasteiger partial charge in [0.25, 0.3) is 0 Å². The number of hydrogen-bond acceptors (Lipinski definition) is 6. The van der Waals surface area contributed by atoms with Crippen molar-refractivity contribution in [1.82, 2.24) is 20.3 Å². The maximum Gasteiger partial charge on any atom is 0.249 e. The third kappa shape index (κ3) is 5.18. The Morgan fingerprint density at radius 2 is 1.76 bits per heavy atom. The maximum atomic E-state index is 14.2. The molecule has 0 radical (unpaired) electrons. The van der Waals surface area contributed by atoms with Crippen molar-refractivity contribution in [3.8, 4) is 11.5 Å². The summed E-state index contributed by atoms with van der Waals surface area (Å²) in [7, 11) is 3.12. The summed E-state index contributed by atoms with van der Waals surface area (Å²) in [4.78, 5) is 29.7. The minimum Gasteiger partial charge on any atom is -0.497 e. The first-order valence-electron chi connectivity index (χ1n) is 12.8. The van der Waals surface area contributed by atoms with E-state index in [4.69, 9.17) is 9.47 Å². The Kier molecular flexibility index (Phi) is 7.53. The molecule has 1 saturated carbocycles. The quantitative estimate of drug-likeness (QED) is 0.359. The molecule has 1 N–H and O–H groups in total. The summed E-state index contributed by atoms with van der Waals surface area (Å²) in [5.74, 6) is 0.481. The number of carbonyl (C=O) groups excluding carboxylic acids is 2. The van der Waals surface area contributed by atoms with E-state index in [1.807, 2.05) is 54.6 Å². The minimum absolute atomic E-state index is 0.0736. The van der Waals surface area contributed by atoms with Crippen LogP contribution in [0.3, 0.4) is 0 Å².